The van der Waals surface area contributed by atoms with E-state index in [0.717, 1.165) is 13.1 Å². The lowest BCUT2D eigenvalue weighted by Gasteiger charge is -2.31. The first-order valence-corrected chi connectivity index (χ1v) is 8.01. The molecule has 0 aromatic rings. The Morgan fingerprint density at radius 3 is 2.67 bits per heavy atom. The Balaban J connectivity index is 1.64. The third-order valence-electron chi connectivity index (χ3n) is 5.93. The van der Waals surface area contributed by atoms with Crippen molar-refractivity contribution in [3.05, 3.63) is 0 Å². The molecule has 0 bridgehead atoms. The highest BCUT2D eigenvalue weighted by Crippen LogP contribution is 2.60. The standard InChI is InChI=1S/C16H27NO/c1-2-12-5-3-4-6-13(12)15(18)14-11-16(14)7-9-17-10-8-16/h12-14,17H,2-11H2,1H3. The van der Waals surface area contributed by atoms with Gasteiger partial charge in [-0.25, -0.2) is 0 Å². The van der Waals surface area contributed by atoms with Crippen LogP contribution in [0.25, 0.3) is 0 Å². The molecule has 2 nitrogen and oxygen atoms in total. The molecule has 1 aliphatic heterocycles. The summed E-state index contributed by atoms with van der Waals surface area (Å²) >= 11 is 0. The van der Waals surface area contributed by atoms with E-state index in [-0.39, 0.29) is 0 Å². The van der Waals surface area contributed by atoms with Gasteiger partial charge in [-0.3, -0.25) is 4.79 Å². The maximum absolute atomic E-state index is 12.8. The number of hydrogen-bond donors (Lipinski definition) is 1. The minimum absolute atomic E-state index is 0.419. The normalized spacial score (nSPS) is 38.6. The molecule has 1 N–H and O–H groups in total. The van der Waals surface area contributed by atoms with Crippen molar-refractivity contribution < 1.29 is 4.79 Å². The summed E-state index contributed by atoms with van der Waals surface area (Å²) in [7, 11) is 0. The van der Waals surface area contributed by atoms with E-state index in [4.69, 9.17) is 0 Å². The monoisotopic (exact) mass is 249 g/mol. The van der Waals surface area contributed by atoms with Crippen LogP contribution in [0.15, 0.2) is 0 Å². The first-order valence-electron chi connectivity index (χ1n) is 8.01. The van der Waals surface area contributed by atoms with E-state index < -0.39 is 0 Å². The van der Waals surface area contributed by atoms with Gasteiger partial charge in [0.2, 0.25) is 0 Å². The number of carbonyl (C=O) groups is 1. The summed E-state index contributed by atoms with van der Waals surface area (Å²) < 4.78 is 0. The zero-order valence-electron chi connectivity index (χ0n) is 11.7. The molecule has 18 heavy (non-hydrogen) atoms. The fourth-order valence-corrected chi connectivity index (χ4v) is 4.56. The van der Waals surface area contributed by atoms with Crippen LogP contribution in [0.1, 0.15) is 58.3 Å². The molecule has 1 heterocycles. The molecule has 3 aliphatic rings. The third-order valence-corrected chi connectivity index (χ3v) is 5.93. The maximum atomic E-state index is 12.8. The van der Waals surface area contributed by atoms with Crippen molar-refractivity contribution in [2.75, 3.05) is 13.1 Å². The summed E-state index contributed by atoms with van der Waals surface area (Å²) in [5.41, 5.74) is 0.443. The van der Waals surface area contributed by atoms with Gasteiger partial charge in [0, 0.05) is 11.8 Å². The number of ketones is 1. The van der Waals surface area contributed by atoms with Crippen molar-refractivity contribution in [3.63, 3.8) is 0 Å². The molecule has 0 amide bonds. The summed E-state index contributed by atoms with van der Waals surface area (Å²) in [5.74, 6) is 2.22. The van der Waals surface area contributed by atoms with Crippen molar-refractivity contribution in [1.29, 1.82) is 0 Å². The highest BCUT2D eigenvalue weighted by atomic mass is 16.1. The summed E-state index contributed by atoms with van der Waals surface area (Å²) in [5, 5.41) is 3.43. The highest BCUT2D eigenvalue weighted by Gasteiger charge is 2.58. The van der Waals surface area contributed by atoms with Crippen molar-refractivity contribution in [1.82, 2.24) is 5.32 Å². The molecule has 0 aromatic carbocycles. The van der Waals surface area contributed by atoms with Gasteiger partial charge < -0.3 is 5.32 Å². The van der Waals surface area contributed by atoms with Gasteiger partial charge in [-0.2, -0.15) is 0 Å². The number of piperidine rings is 1. The van der Waals surface area contributed by atoms with Crippen LogP contribution in [-0.2, 0) is 4.79 Å². The van der Waals surface area contributed by atoms with Crippen LogP contribution in [0.4, 0.5) is 0 Å². The number of rotatable bonds is 3. The largest absolute Gasteiger partial charge is 0.317 e. The summed E-state index contributed by atoms with van der Waals surface area (Å²) in [6, 6.07) is 0. The number of Topliss-reactive ketones (excluding diaryl/α,β-unsaturated/α-hetero) is 1. The fraction of sp³-hybridized carbons (Fsp3) is 0.938. The van der Waals surface area contributed by atoms with Gasteiger partial charge in [0.1, 0.15) is 5.78 Å². The molecule has 1 saturated heterocycles. The zero-order chi connectivity index (χ0) is 12.6. The molecule has 3 fully saturated rings. The van der Waals surface area contributed by atoms with E-state index in [1.807, 2.05) is 0 Å². The Labute approximate surface area is 111 Å². The average Bonchev–Trinajstić information content (AvgIpc) is 3.12. The molecule has 0 radical (unpaired) electrons. The zero-order valence-corrected chi connectivity index (χ0v) is 11.7. The van der Waals surface area contributed by atoms with Crippen molar-refractivity contribution >= 4 is 5.78 Å². The third kappa shape index (κ3) is 2.13. The Morgan fingerprint density at radius 2 is 1.94 bits per heavy atom. The van der Waals surface area contributed by atoms with Crippen LogP contribution in [0, 0.1) is 23.2 Å². The van der Waals surface area contributed by atoms with Crippen molar-refractivity contribution in [2.24, 2.45) is 23.2 Å². The highest BCUT2D eigenvalue weighted by molar-refractivity contribution is 5.87. The lowest BCUT2D eigenvalue weighted by molar-refractivity contribution is -0.128. The van der Waals surface area contributed by atoms with Gasteiger partial charge in [0.05, 0.1) is 0 Å². The minimum Gasteiger partial charge on any atom is -0.317 e. The Kier molecular flexibility index (Phi) is 3.48. The molecule has 2 heteroatoms. The van der Waals surface area contributed by atoms with Crippen LogP contribution in [-0.4, -0.2) is 18.9 Å². The van der Waals surface area contributed by atoms with Gasteiger partial charge in [-0.05, 0) is 56.5 Å². The maximum Gasteiger partial charge on any atom is 0.139 e. The molecule has 2 aliphatic carbocycles. The van der Waals surface area contributed by atoms with E-state index in [0.29, 0.717) is 29.0 Å². The van der Waals surface area contributed by atoms with E-state index in [2.05, 4.69) is 12.2 Å². The second-order valence-electron chi connectivity index (χ2n) is 6.83. The minimum atomic E-state index is 0.419. The summed E-state index contributed by atoms with van der Waals surface area (Å²) in [6.07, 6.45) is 10.0. The van der Waals surface area contributed by atoms with Gasteiger partial charge in [-0.1, -0.05) is 26.2 Å². The van der Waals surface area contributed by atoms with E-state index in [1.165, 1.54) is 51.4 Å². The number of carbonyl (C=O) groups excluding carboxylic acids is 1. The van der Waals surface area contributed by atoms with E-state index >= 15 is 0 Å². The quantitative estimate of drug-likeness (QED) is 0.832. The van der Waals surface area contributed by atoms with Gasteiger partial charge in [-0.15, -0.1) is 0 Å². The van der Waals surface area contributed by atoms with Crippen LogP contribution in [0.5, 0.6) is 0 Å². The fourth-order valence-electron chi connectivity index (χ4n) is 4.56. The molecule has 3 atom stereocenters. The van der Waals surface area contributed by atoms with Crippen molar-refractivity contribution in [2.45, 2.75) is 58.3 Å². The smallest absolute Gasteiger partial charge is 0.139 e. The summed E-state index contributed by atoms with van der Waals surface area (Å²) in [6.45, 7) is 4.53. The van der Waals surface area contributed by atoms with E-state index in [1.54, 1.807) is 0 Å². The van der Waals surface area contributed by atoms with Gasteiger partial charge in [0.15, 0.2) is 0 Å². The SMILES string of the molecule is CCC1CCCCC1C(=O)C1CC12CCNCC2. The van der Waals surface area contributed by atoms with E-state index in [9.17, 15) is 4.79 Å². The second-order valence-corrected chi connectivity index (χ2v) is 6.83. The van der Waals surface area contributed by atoms with Crippen LogP contribution in [0.3, 0.4) is 0 Å². The number of hydrogen-bond acceptors (Lipinski definition) is 2. The van der Waals surface area contributed by atoms with Gasteiger partial charge >= 0.3 is 0 Å². The topological polar surface area (TPSA) is 29.1 Å². The Morgan fingerprint density at radius 1 is 1.22 bits per heavy atom. The lowest BCUT2D eigenvalue weighted by atomic mass is 9.73. The second kappa shape index (κ2) is 4.96. The predicted octanol–water partition coefficient (Wildman–Crippen LogP) is 3.16. The molecule has 3 unspecified atom stereocenters. The predicted molar refractivity (Wildman–Crippen MR) is 73.4 cm³/mol. The molecule has 1 spiro atoms. The Bertz CT molecular complexity index is 319. The average molecular weight is 249 g/mol. The molecule has 2 saturated carbocycles. The van der Waals surface area contributed by atoms with Crippen LogP contribution in [0.2, 0.25) is 0 Å². The first kappa shape index (κ1) is 12.7. The van der Waals surface area contributed by atoms with Crippen molar-refractivity contribution in [3.8, 4) is 0 Å². The Hall–Kier alpha value is -0.370. The molecule has 3 rings (SSSR count). The molecule has 102 valence electrons. The molecular formula is C16H27NO. The lowest BCUT2D eigenvalue weighted by Crippen LogP contribution is -2.33. The first-order chi connectivity index (χ1) is 8.77. The van der Waals surface area contributed by atoms with Crippen LogP contribution >= 0.6 is 0 Å². The molecular weight excluding hydrogens is 222 g/mol. The number of nitrogens with one attached hydrogen (secondary N) is 1. The van der Waals surface area contributed by atoms with Crippen LogP contribution < -0.4 is 5.32 Å². The van der Waals surface area contributed by atoms with Gasteiger partial charge in [0.25, 0.3) is 0 Å². The molecule has 0 aromatic heterocycles. The summed E-state index contributed by atoms with van der Waals surface area (Å²) in [4.78, 5) is 12.8.